The van der Waals surface area contributed by atoms with Crippen LogP contribution in [0.1, 0.15) is 0 Å². The second-order valence-corrected chi connectivity index (χ2v) is 5.51. The summed E-state index contributed by atoms with van der Waals surface area (Å²) in [6.45, 7) is -2.65. The van der Waals surface area contributed by atoms with Gasteiger partial charge in [0.1, 0.15) is 10.8 Å². The molecule has 66 valence electrons. The molecule has 0 heterocycles. The average Bonchev–Trinajstić information content (AvgIpc) is 2.00. The van der Waals surface area contributed by atoms with Crippen LogP contribution in [0, 0.1) is 0 Å². The van der Waals surface area contributed by atoms with Gasteiger partial charge in [0.25, 0.3) is 0 Å². The summed E-state index contributed by atoms with van der Waals surface area (Å²) < 4.78 is 14.3. The van der Waals surface area contributed by atoms with Gasteiger partial charge in [0.2, 0.25) is 0 Å². The minimum atomic E-state index is -2.65. The first-order valence-electron chi connectivity index (χ1n) is 2.45. The van der Waals surface area contributed by atoms with Gasteiger partial charge in [0, 0.05) is 26.0 Å². The molecule has 0 aromatic carbocycles. The lowest BCUT2D eigenvalue weighted by molar-refractivity contribution is 0.254. The fourth-order valence-corrected chi connectivity index (χ4v) is 1.16. The molecule has 3 nitrogen and oxygen atoms in total. The van der Waals surface area contributed by atoms with Crippen molar-refractivity contribution in [1.29, 1.82) is 0 Å². The number of hydrogen-bond acceptors (Lipinski definition) is 4. The summed E-state index contributed by atoms with van der Waals surface area (Å²) in [5.41, 5.74) is 0. The number of rotatable bonds is 4. The Morgan fingerprint density at radius 2 is 1.82 bits per heavy atom. The average molecular weight is 237 g/mol. The Bertz CT molecular complexity index is 184. The van der Waals surface area contributed by atoms with E-state index >= 15 is 0 Å². The Morgan fingerprint density at radius 3 is 2.09 bits per heavy atom. The maximum absolute atomic E-state index is 5.26. The highest BCUT2D eigenvalue weighted by atomic mass is 35.5. The highest BCUT2D eigenvalue weighted by molar-refractivity contribution is 8.07. The van der Waals surface area contributed by atoms with Gasteiger partial charge in [-0.1, -0.05) is 23.2 Å². The monoisotopic (exact) mass is 236 g/mol. The third-order valence-corrected chi connectivity index (χ3v) is 3.31. The van der Waals surface area contributed by atoms with E-state index in [1.807, 2.05) is 0 Å². The SMILES string of the molecule is COP(=S)(OC)OC=C(Cl)Cl. The van der Waals surface area contributed by atoms with Crippen molar-refractivity contribution in [2.24, 2.45) is 0 Å². The van der Waals surface area contributed by atoms with Gasteiger partial charge in [0.15, 0.2) is 0 Å². The van der Waals surface area contributed by atoms with Crippen LogP contribution in [0.5, 0.6) is 0 Å². The van der Waals surface area contributed by atoms with Crippen LogP contribution < -0.4 is 0 Å². The Kier molecular flexibility index (Phi) is 5.69. The van der Waals surface area contributed by atoms with E-state index in [0.29, 0.717) is 0 Å². The van der Waals surface area contributed by atoms with Gasteiger partial charge in [0.05, 0.1) is 0 Å². The lowest BCUT2D eigenvalue weighted by Gasteiger charge is -2.14. The van der Waals surface area contributed by atoms with E-state index in [4.69, 9.17) is 48.6 Å². The van der Waals surface area contributed by atoms with E-state index < -0.39 is 6.72 Å². The van der Waals surface area contributed by atoms with Crippen LogP contribution in [0.4, 0.5) is 0 Å². The molecule has 0 fully saturated rings. The van der Waals surface area contributed by atoms with E-state index in [9.17, 15) is 0 Å². The van der Waals surface area contributed by atoms with Crippen molar-refractivity contribution in [2.45, 2.75) is 0 Å². The number of hydrogen-bond donors (Lipinski definition) is 0. The van der Waals surface area contributed by atoms with Crippen LogP contribution in [-0.2, 0) is 25.4 Å². The van der Waals surface area contributed by atoms with Crippen LogP contribution >= 0.6 is 29.9 Å². The maximum Gasteiger partial charge on any atom is 0.379 e. The molecule has 0 saturated carbocycles. The molecular weight excluding hydrogens is 230 g/mol. The molecule has 0 aromatic rings. The number of halogens is 2. The maximum atomic E-state index is 5.26. The van der Waals surface area contributed by atoms with Crippen LogP contribution in [0.3, 0.4) is 0 Å². The van der Waals surface area contributed by atoms with E-state index in [-0.39, 0.29) is 4.49 Å². The first-order chi connectivity index (χ1) is 5.04. The summed E-state index contributed by atoms with van der Waals surface area (Å²) in [4.78, 5) is 0. The first kappa shape index (κ1) is 11.7. The van der Waals surface area contributed by atoms with Gasteiger partial charge >= 0.3 is 6.72 Å². The van der Waals surface area contributed by atoms with E-state index in [2.05, 4.69) is 0 Å². The molecule has 7 heteroatoms. The molecule has 0 aliphatic carbocycles. The Morgan fingerprint density at radius 1 is 1.36 bits per heavy atom. The lowest BCUT2D eigenvalue weighted by atomic mass is 11.2. The summed E-state index contributed by atoms with van der Waals surface area (Å²) in [5, 5.41) is 0. The topological polar surface area (TPSA) is 27.7 Å². The quantitative estimate of drug-likeness (QED) is 0.555. The minimum absolute atomic E-state index is 0.0340. The summed E-state index contributed by atoms with van der Waals surface area (Å²) in [5.74, 6) is 0. The normalized spacial score (nSPS) is 10.9. The smallest absolute Gasteiger partial charge is 0.379 e. The van der Waals surface area contributed by atoms with Crippen molar-refractivity contribution in [1.82, 2.24) is 0 Å². The predicted molar refractivity (Wildman–Crippen MR) is 49.2 cm³/mol. The van der Waals surface area contributed by atoms with E-state index in [0.717, 1.165) is 6.26 Å². The van der Waals surface area contributed by atoms with Gasteiger partial charge in [-0.05, 0) is 0 Å². The van der Waals surface area contributed by atoms with Crippen LogP contribution in [0.2, 0.25) is 0 Å². The second kappa shape index (κ2) is 5.36. The standard InChI is InChI=1S/C4H7Cl2O3PS/c1-7-10(11,8-2)9-3-4(5)6/h3H,1-2H3. The van der Waals surface area contributed by atoms with Crippen molar-refractivity contribution in [3.63, 3.8) is 0 Å². The zero-order valence-electron chi connectivity index (χ0n) is 5.91. The third kappa shape index (κ3) is 5.01. The Balaban J connectivity index is 4.10. The fourth-order valence-electron chi connectivity index (χ4n) is 0.265. The molecular formula is C4H7Cl2O3PS. The van der Waals surface area contributed by atoms with Crippen molar-refractivity contribution >= 4 is 41.7 Å². The Hall–Kier alpha value is 0.690. The van der Waals surface area contributed by atoms with Crippen molar-refractivity contribution in [2.75, 3.05) is 14.2 Å². The fraction of sp³-hybridized carbons (Fsp3) is 0.500. The van der Waals surface area contributed by atoms with Crippen LogP contribution in [0.25, 0.3) is 0 Å². The van der Waals surface area contributed by atoms with E-state index in [1.54, 1.807) is 0 Å². The molecule has 0 saturated heterocycles. The zero-order valence-corrected chi connectivity index (χ0v) is 9.14. The first-order valence-corrected chi connectivity index (χ1v) is 5.76. The van der Waals surface area contributed by atoms with Crippen molar-refractivity contribution in [3.8, 4) is 0 Å². The van der Waals surface area contributed by atoms with Gasteiger partial charge in [-0.25, -0.2) is 0 Å². The summed E-state index contributed by atoms with van der Waals surface area (Å²) >= 11 is 15.3. The van der Waals surface area contributed by atoms with Crippen LogP contribution in [0.15, 0.2) is 10.8 Å². The molecule has 0 rings (SSSR count). The molecule has 0 radical (unpaired) electrons. The third-order valence-electron chi connectivity index (χ3n) is 0.718. The highest BCUT2D eigenvalue weighted by Gasteiger charge is 2.15. The van der Waals surface area contributed by atoms with Crippen LogP contribution in [-0.4, -0.2) is 14.2 Å². The minimum Gasteiger partial charge on any atom is -0.430 e. The molecule has 0 N–H and O–H groups in total. The largest absolute Gasteiger partial charge is 0.430 e. The lowest BCUT2D eigenvalue weighted by Crippen LogP contribution is -1.88. The van der Waals surface area contributed by atoms with Gasteiger partial charge in [-0.15, -0.1) is 0 Å². The molecule has 0 unspecified atom stereocenters. The molecule has 0 aromatic heterocycles. The van der Waals surface area contributed by atoms with Gasteiger partial charge in [-0.3, -0.25) is 0 Å². The van der Waals surface area contributed by atoms with Crippen molar-refractivity contribution < 1.29 is 13.6 Å². The zero-order chi connectivity index (χ0) is 8.91. The summed E-state index contributed by atoms with van der Waals surface area (Å²) in [6.07, 6.45) is 1.08. The molecule has 0 aliphatic heterocycles. The van der Waals surface area contributed by atoms with E-state index in [1.165, 1.54) is 14.2 Å². The second-order valence-electron chi connectivity index (χ2n) is 1.33. The molecule has 11 heavy (non-hydrogen) atoms. The van der Waals surface area contributed by atoms with Crippen molar-refractivity contribution in [3.05, 3.63) is 10.8 Å². The van der Waals surface area contributed by atoms with Gasteiger partial charge in [-0.2, -0.15) is 0 Å². The predicted octanol–water partition coefficient (Wildman–Crippen LogP) is 2.80. The molecule has 0 spiro atoms. The Labute approximate surface area is 80.5 Å². The van der Waals surface area contributed by atoms with Gasteiger partial charge < -0.3 is 13.6 Å². The highest BCUT2D eigenvalue weighted by Crippen LogP contribution is 2.48. The molecule has 0 bridgehead atoms. The molecule has 0 atom stereocenters. The molecule has 0 amide bonds. The molecule has 0 aliphatic rings. The summed E-state index contributed by atoms with van der Waals surface area (Å²) in [6, 6.07) is 0. The summed E-state index contributed by atoms with van der Waals surface area (Å²) in [7, 11) is 2.78.